The van der Waals surface area contributed by atoms with Crippen molar-refractivity contribution in [3.05, 3.63) is 53.6 Å². The number of fused-ring (bicyclic) bond motifs is 3. The van der Waals surface area contributed by atoms with Gasteiger partial charge in [0, 0.05) is 18.8 Å². The SMILES string of the molecule is Cc1ccc(NC(=O)CSc2nnc3n(CC(=O)N4CCCC4)c4ccccc4n23)c(C)c1. The van der Waals surface area contributed by atoms with Crippen LogP contribution in [0.25, 0.3) is 16.8 Å². The van der Waals surface area contributed by atoms with Crippen LogP contribution >= 0.6 is 11.8 Å². The standard InChI is InChI=1S/C24H26N6O2S/c1-16-9-10-18(17(2)13-16)25-21(31)15-33-24-27-26-23-29(14-22(32)28-11-5-6-12-28)19-7-3-4-8-20(19)30(23)24/h3-4,7-10,13H,5-6,11-12,14-15H2,1-2H3,(H,25,31). The van der Waals surface area contributed by atoms with Crippen LogP contribution < -0.4 is 5.32 Å². The minimum absolute atomic E-state index is 0.0980. The number of aromatic nitrogens is 4. The molecule has 2 aromatic carbocycles. The smallest absolute Gasteiger partial charge is 0.242 e. The zero-order valence-corrected chi connectivity index (χ0v) is 19.6. The van der Waals surface area contributed by atoms with E-state index in [4.69, 9.17) is 0 Å². The Morgan fingerprint density at radius 3 is 2.55 bits per heavy atom. The van der Waals surface area contributed by atoms with Gasteiger partial charge < -0.3 is 10.2 Å². The fraction of sp³-hybridized carbons (Fsp3) is 0.333. The number of nitrogens with zero attached hydrogens (tertiary/aromatic N) is 5. The summed E-state index contributed by atoms with van der Waals surface area (Å²) in [4.78, 5) is 27.3. The fourth-order valence-electron chi connectivity index (χ4n) is 4.36. The number of para-hydroxylation sites is 2. The van der Waals surface area contributed by atoms with Crippen molar-refractivity contribution in [2.45, 2.75) is 38.4 Å². The summed E-state index contributed by atoms with van der Waals surface area (Å²) in [6.45, 7) is 5.87. The van der Waals surface area contributed by atoms with Crippen molar-refractivity contribution in [2.75, 3.05) is 24.2 Å². The van der Waals surface area contributed by atoms with Gasteiger partial charge in [-0.25, -0.2) is 0 Å². The molecule has 0 spiro atoms. The van der Waals surface area contributed by atoms with Gasteiger partial charge in [0.05, 0.1) is 16.8 Å². The van der Waals surface area contributed by atoms with Crippen molar-refractivity contribution in [1.29, 1.82) is 0 Å². The molecule has 3 heterocycles. The van der Waals surface area contributed by atoms with Crippen LogP contribution in [0, 0.1) is 13.8 Å². The number of aryl methyl sites for hydroxylation is 2. The first kappa shape index (κ1) is 21.5. The number of amides is 2. The Labute approximate surface area is 196 Å². The third-order valence-corrected chi connectivity index (χ3v) is 6.94. The Bertz CT molecular complexity index is 1350. The number of likely N-dealkylation sites (tertiary alicyclic amines) is 1. The minimum atomic E-state index is -0.100. The van der Waals surface area contributed by atoms with E-state index in [1.165, 1.54) is 11.8 Å². The number of anilines is 1. The van der Waals surface area contributed by atoms with Gasteiger partial charge >= 0.3 is 0 Å². The number of hydrogen-bond donors (Lipinski definition) is 1. The molecule has 8 nitrogen and oxygen atoms in total. The summed E-state index contributed by atoms with van der Waals surface area (Å²) in [5.74, 6) is 0.818. The monoisotopic (exact) mass is 462 g/mol. The van der Waals surface area contributed by atoms with Crippen molar-refractivity contribution >= 4 is 46.1 Å². The third-order valence-electron chi connectivity index (χ3n) is 6.01. The lowest BCUT2D eigenvalue weighted by molar-refractivity contribution is -0.130. The molecule has 0 aliphatic carbocycles. The largest absolute Gasteiger partial charge is 0.341 e. The number of hydrogen-bond acceptors (Lipinski definition) is 5. The second-order valence-corrected chi connectivity index (χ2v) is 9.38. The molecule has 0 atom stereocenters. The van der Waals surface area contributed by atoms with Crippen LogP contribution in [0.5, 0.6) is 0 Å². The second-order valence-electron chi connectivity index (χ2n) is 8.44. The van der Waals surface area contributed by atoms with Crippen LogP contribution in [0.3, 0.4) is 0 Å². The molecule has 4 aromatic rings. The fourth-order valence-corrected chi connectivity index (χ4v) is 5.10. The van der Waals surface area contributed by atoms with Crippen molar-refractivity contribution < 1.29 is 9.59 Å². The lowest BCUT2D eigenvalue weighted by Crippen LogP contribution is -2.31. The molecule has 9 heteroatoms. The molecule has 1 aliphatic rings. The highest BCUT2D eigenvalue weighted by Gasteiger charge is 2.23. The van der Waals surface area contributed by atoms with Gasteiger partial charge in [0.1, 0.15) is 6.54 Å². The van der Waals surface area contributed by atoms with E-state index in [2.05, 4.69) is 15.5 Å². The summed E-state index contributed by atoms with van der Waals surface area (Å²) in [5, 5.41) is 12.3. The maximum atomic E-state index is 12.8. The zero-order valence-electron chi connectivity index (χ0n) is 18.7. The number of thioether (sulfide) groups is 1. The van der Waals surface area contributed by atoms with Gasteiger partial charge in [0.25, 0.3) is 0 Å². The number of rotatable bonds is 6. The van der Waals surface area contributed by atoms with E-state index >= 15 is 0 Å². The van der Waals surface area contributed by atoms with Gasteiger partial charge in [-0.1, -0.05) is 41.6 Å². The summed E-state index contributed by atoms with van der Waals surface area (Å²) in [6, 6.07) is 13.8. The predicted molar refractivity (Wildman–Crippen MR) is 130 cm³/mol. The lowest BCUT2D eigenvalue weighted by Gasteiger charge is -2.15. The second kappa shape index (κ2) is 8.90. The van der Waals surface area contributed by atoms with E-state index in [0.29, 0.717) is 10.9 Å². The predicted octanol–water partition coefficient (Wildman–Crippen LogP) is 3.65. The Morgan fingerprint density at radius 1 is 1.03 bits per heavy atom. The maximum Gasteiger partial charge on any atom is 0.242 e. The molecular weight excluding hydrogens is 436 g/mol. The molecule has 5 rings (SSSR count). The first-order chi connectivity index (χ1) is 16.0. The highest BCUT2D eigenvalue weighted by atomic mass is 32.2. The zero-order chi connectivity index (χ0) is 22.9. The van der Waals surface area contributed by atoms with Crippen LogP contribution in [0.2, 0.25) is 0 Å². The Balaban J connectivity index is 1.38. The molecular formula is C24H26N6O2S. The van der Waals surface area contributed by atoms with Crippen molar-refractivity contribution in [2.24, 2.45) is 0 Å². The van der Waals surface area contributed by atoms with Gasteiger partial charge in [-0.05, 0) is 50.5 Å². The number of benzene rings is 2. The summed E-state index contributed by atoms with van der Waals surface area (Å²) in [5.41, 5.74) is 4.85. The van der Waals surface area contributed by atoms with Crippen molar-refractivity contribution in [1.82, 2.24) is 24.1 Å². The molecule has 1 N–H and O–H groups in total. The molecule has 1 aliphatic heterocycles. The molecule has 170 valence electrons. The lowest BCUT2D eigenvalue weighted by atomic mass is 10.1. The summed E-state index contributed by atoms with van der Waals surface area (Å²) in [6.07, 6.45) is 2.12. The molecule has 1 fully saturated rings. The molecule has 1 saturated heterocycles. The van der Waals surface area contributed by atoms with Crippen LogP contribution in [-0.4, -0.2) is 54.7 Å². The normalized spacial score (nSPS) is 13.8. The summed E-state index contributed by atoms with van der Waals surface area (Å²) < 4.78 is 3.85. The van der Waals surface area contributed by atoms with E-state index in [1.807, 2.05) is 70.2 Å². The average molecular weight is 463 g/mol. The number of nitrogens with one attached hydrogen (secondary N) is 1. The molecule has 0 bridgehead atoms. The maximum absolute atomic E-state index is 12.8. The highest BCUT2D eigenvalue weighted by molar-refractivity contribution is 7.99. The number of carbonyl (C=O) groups excluding carboxylic acids is 2. The summed E-state index contributed by atoms with van der Waals surface area (Å²) in [7, 11) is 0. The molecule has 0 unspecified atom stereocenters. The van der Waals surface area contributed by atoms with E-state index in [0.717, 1.165) is 53.8 Å². The molecule has 33 heavy (non-hydrogen) atoms. The summed E-state index contributed by atoms with van der Waals surface area (Å²) >= 11 is 1.33. The molecule has 2 amide bonds. The minimum Gasteiger partial charge on any atom is -0.341 e. The van der Waals surface area contributed by atoms with Crippen LogP contribution in [-0.2, 0) is 16.1 Å². The van der Waals surface area contributed by atoms with Gasteiger partial charge in [-0.3, -0.25) is 18.6 Å². The Hall–Kier alpha value is -3.33. The number of imidazole rings is 1. The van der Waals surface area contributed by atoms with Crippen LogP contribution in [0.4, 0.5) is 5.69 Å². The Kier molecular flexibility index (Phi) is 5.80. The molecule has 0 radical (unpaired) electrons. The Morgan fingerprint density at radius 2 is 1.79 bits per heavy atom. The average Bonchev–Trinajstić information content (AvgIpc) is 3.53. The first-order valence-electron chi connectivity index (χ1n) is 11.1. The van der Waals surface area contributed by atoms with Gasteiger partial charge in [-0.2, -0.15) is 0 Å². The number of carbonyl (C=O) groups is 2. The highest BCUT2D eigenvalue weighted by Crippen LogP contribution is 2.26. The third kappa shape index (κ3) is 4.20. The van der Waals surface area contributed by atoms with Crippen molar-refractivity contribution in [3.63, 3.8) is 0 Å². The van der Waals surface area contributed by atoms with E-state index in [-0.39, 0.29) is 24.1 Å². The first-order valence-corrected chi connectivity index (χ1v) is 12.1. The van der Waals surface area contributed by atoms with Gasteiger partial charge in [0.15, 0.2) is 5.16 Å². The van der Waals surface area contributed by atoms with E-state index in [1.54, 1.807) is 0 Å². The van der Waals surface area contributed by atoms with Crippen LogP contribution in [0.15, 0.2) is 47.6 Å². The molecule has 0 saturated carbocycles. The van der Waals surface area contributed by atoms with Gasteiger partial charge in [0.2, 0.25) is 17.6 Å². The van der Waals surface area contributed by atoms with E-state index in [9.17, 15) is 9.59 Å². The van der Waals surface area contributed by atoms with Crippen molar-refractivity contribution in [3.8, 4) is 0 Å². The molecule has 2 aromatic heterocycles. The van der Waals surface area contributed by atoms with E-state index < -0.39 is 0 Å². The topological polar surface area (TPSA) is 84.5 Å². The van der Waals surface area contributed by atoms with Crippen LogP contribution in [0.1, 0.15) is 24.0 Å². The van der Waals surface area contributed by atoms with Gasteiger partial charge in [-0.15, -0.1) is 10.2 Å². The quantitative estimate of drug-likeness (QED) is 0.442.